The van der Waals surface area contributed by atoms with Gasteiger partial charge in [0, 0.05) is 19.6 Å². The average Bonchev–Trinajstić information content (AvgIpc) is 3.51. The number of carbonyl (C=O) groups excluding carboxylic acids is 4. The number of alkyl carbamates (subject to hydrolysis) is 2. The first-order valence-corrected chi connectivity index (χ1v) is 12.8. The summed E-state index contributed by atoms with van der Waals surface area (Å²) >= 11 is 0. The smallest absolute Gasteiger partial charge is 0.410 e. The van der Waals surface area contributed by atoms with E-state index in [-0.39, 0.29) is 32.7 Å². The zero-order chi connectivity index (χ0) is 28.6. The number of hydrogen-bond donors (Lipinski definition) is 3. The van der Waals surface area contributed by atoms with Crippen LogP contribution in [0, 0.1) is 5.41 Å². The highest BCUT2D eigenvalue weighted by molar-refractivity contribution is 5.86. The minimum Gasteiger partial charge on any atom is -0.445 e. The van der Waals surface area contributed by atoms with Crippen molar-refractivity contribution >= 4 is 24.2 Å². The largest absolute Gasteiger partial charge is 0.445 e. The fourth-order valence-corrected chi connectivity index (χ4v) is 3.96. The lowest BCUT2D eigenvalue weighted by atomic mass is 10.00. The molecule has 4 N–H and O–H groups in total. The lowest BCUT2D eigenvalue weighted by molar-refractivity contribution is -0.124. The standard InChI is InChI=1S/C27H42N4O7/c1-25(2,3)37-23(34)30-15-13-27(21(28)32)17-20(27)31(24(35)38-26(4,5)6)16-10-14-29-22(33)36-18-19-11-8-7-9-12-19/h7-9,11-12,20H,10,13-18H2,1-6H3,(H2,28,32)(H,29,33)(H,30,34)/t20-,27?/m1/s1. The molecule has 0 spiro atoms. The van der Waals surface area contributed by atoms with Crippen LogP contribution in [-0.4, -0.2) is 66.0 Å². The van der Waals surface area contributed by atoms with E-state index in [0.29, 0.717) is 12.8 Å². The first-order chi connectivity index (χ1) is 17.6. The van der Waals surface area contributed by atoms with Gasteiger partial charge in [-0.25, -0.2) is 14.4 Å². The van der Waals surface area contributed by atoms with Gasteiger partial charge in [-0.3, -0.25) is 4.79 Å². The highest BCUT2D eigenvalue weighted by Crippen LogP contribution is 2.52. The molecule has 38 heavy (non-hydrogen) atoms. The van der Waals surface area contributed by atoms with E-state index in [2.05, 4.69) is 10.6 Å². The van der Waals surface area contributed by atoms with Crippen molar-refractivity contribution in [3.8, 4) is 0 Å². The number of nitrogens with zero attached hydrogens (tertiary/aromatic N) is 1. The molecule has 0 bridgehead atoms. The van der Waals surface area contributed by atoms with Crippen LogP contribution in [0.4, 0.5) is 14.4 Å². The number of amides is 4. The molecule has 0 radical (unpaired) electrons. The number of ether oxygens (including phenoxy) is 3. The summed E-state index contributed by atoms with van der Waals surface area (Å²) < 4.78 is 16.0. The highest BCUT2D eigenvalue weighted by Gasteiger charge is 2.62. The summed E-state index contributed by atoms with van der Waals surface area (Å²) in [5, 5.41) is 5.31. The van der Waals surface area contributed by atoms with Gasteiger partial charge in [0.1, 0.15) is 17.8 Å². The fourth-order valence-electron chi connectivity index (χ4n) is 3.96. The Morgan fingerprint density at radius 3 is 2.13 bits per heavy atom. The number of rotatable bonds is 11. The molecular weight excluding hydrogens is 492 g/mol. The molecule has 0 aromatic heterocycles. The van der Waals surface area contributed by atoms with E-state index in [0.717, 1.165) is 5.56 Å². The van der Waals surface area contributed by atoms with E-state index in [9.17, 15) is 19.2 Å². The van der Waals surface area contributed by atoms with Crippen LogP contribution < -0.4 is 16.4 Å². The number of nitrogens with one attached hydrogen (secondary N) is 2. The molecule has 1 aliphatic carbocycles. The molecule has 1 unspecified atom stereocenters. The third-order valence-corrected chi connectivity index (χ3v) is 5.83. The summed E-state index contributed by atoms with van der Waals surface area (Å²) in [6.07, 6.45) is -0.731. The van der Waals surface area contributed by atoms with Crippen LogP contribution >= 0.6 is 0 Å². The molecule has 1 aromatic carbocycles. The Morgan fingerprint density at radius 1 is 0.947 bits per heavy atom. The van der Waals surface area contributed by atoms with Crippen LogP contribution in [0.3, 0.4) is 0 Å². The van der Waals surface area contributed by atoms with Gasteiger partial charge >= 0.3 is 18.3 Å². The number of hydrogen-bond acceptors (Lipinski definition) is 7. The predicted molar refractivity (Wildman–Crippen MR) is 141 cm³/mol. The van der Waals surface area contributed by atoms with Crippen molar-refractivity contribution in [2.24, 2.45) is 11.1 Å². The Balaban J connectivity index is 1.93. The maximum absolute atomic E-state index is 13.0. The van der Waals surface area contributed by atoms with Gasteiger partial charge in [-0.05, 0) is 66.4 Å². The van der Waals surface area contributed by atoms with Crippen LogP contribution in [0.25, 0.3) is 0 Å². The molecule has 1 saturated carbocycles. The molecule has 4 amide bonds. The molecule has 2 atom stereocenters. The molecule has 1 aliphatic rings. The summed E-state index contributed by atoms with van der Waals surface area (Å²) in [7, 11) is 0. The van der Waals surface area contributed by atoms with E-state index < -0.39 is 46.8 Å². The van der Waals surface area contributed by atoms with E-state index in [1.165, 1.54) is 4.90 Å². The Kier molecular flexibility index (Phi) is 10.4. The van der Waals surface area contributed by atoms with Crippen molar-refractivity contribution in [2.45, 2.75) is 84.7 Å². The first-order valence-electron chi connectivity index (χ1n) is 12.8. The Labute approximate surface area is 224 Å². The maximum Gasteiger partial charge on any atom is 0.410 e. The normalized spacial score (nSPS) is 18.6. The van der Waals surface area contributed by atoms with E-state index in [4.69, 9.17) is 19.9 Å². The SMILES string of the molecule is CC(C)(C)OC(=O)NCCC1(C(N)=O)C[C@H]1N(CCCNC(=O)OCc1ccccc1)C(=O)OC(C)(C)C. The van der Waals surface area contributed by atoms with Gasteiger partial charge in [-0.1, -0.05) is 30.3 Å². The molecule has 1 fully saturated rings. The summed E-state index contributed by atoms with van der Waals surface area (Å²) in [6, 6.07) is 8.83. The van der Waals surface area contributed by atoms with Crippen molar-refractivity contribution in [1.82, 2.24) is 15.5 Å². The van der Waals surface area contributed by atoms with Crippen LogP contribution in [0.15, 0.2) is 30.3 Å². The van der Waals surface area contributed by atoms with Crippen LogP contribution in [0.1, 0.15) is 66.4 Å². The molecular formula is C27H42N4O7. The summed E-state index contributed by atoms with van der Waals surface area (Å²) in [5.41, 5.74) is 4.24. The Bertz CT molecular complexity index is 972. The molecule has 2 rings (SSSR count). The van der Waals surface area contributed by atoms with Crippen molar-refractivity contribution in [3.63, 3.8) is 0 Å². The lowest BCUT2D eigenvalue weighted by Gasteiger charge is -2.29. The summed E-state index contributed by atoms with van der Waals surface area (Å²) in [5.74, 6) is -0.551. The van der Waals surface area contributed by atoms with E-state index in [1.807, 2.05) is 30.3 Å². The van der Waals surface area contributed by atoms with Gasteiger partial charge in [-0.2, -0.15) is 0 Å². The molecule has 212 valence electrons. The molecule has 0 heterocycles. The lowest BCUT2D eigenvalue weighted by Crippen LogP contribution is -2.44. The maximum atomic E-state index is 13.0. The number of primary amides is 1. The van der Waals surface area contributed by atoms with Crippen molar-refractivity contribution in [2.75, 3.05) is 19.6 Å². The highest BCUT2D eigenvalue weighted by atomic mass is 16.6. The van der Waals surface area contributed by atoms with Gasteiger partial charge in [0.25, 0.3) is 0 Å². The van der Waals surface area contributed by atoms with Gasteiger partial charge in [0.2, 0.25) is 5.91 Å². The predicted octanol–water partition coefficient (Wildman–Crippen LogP) is 3.70. The van der Waals surface area contributed by atoms with E-state index >= 15 is 0 Å². The number of nitrogens with two attached hydrogens (primary N) is 1. The van der Waals surface area contributed by atoms with Crippen LogP contribution in [0.2, 0.25) is 0 Å². The molecule has 1 aromatic rings. The summed E-state index contributed by atoms with van der Waals surface area (Å²) in [6.45, 7) is 11.3. The third kappa shape index (κ3) is 10.1. The second kappa shape index (κ2) is 12.8. The zero-order valence-electron chi connectivity index (χ0n) is 23.3. The Morgan fingerprint density at radius 2 is 1.55 bits per heavy atom. The van der Waals surface area contributed by atoms with Crippen LogP contribution in [-0.2, 0) is 25.6 Å². The molecule has 0 saturated heterocycles. The monoisotopic (exact) mass is 534 g/mol. The molecule has 0 aliphatic heterocycles. The second-order valence-corrected chi connectivity index (χ2v) is 11.4. The van der Waals surface area contributed by atoms with Gasteiger partial charge < -0.3 is 35.5 Å². The zero-order valence-corrected chi connectivity index (χ0v) is 23.3. The minimum atomic E-state index is -0.992. The van der Waals surface area contributed by atoms with Gasteiger partial charge in [0.05, 0.1) is 11.5 Å². The quantitative estimate of drug-likeness (QED) is 0.289. The molecule has 11 nitrogen and oxygen atoms in total. The van der Waals surface area contributed by atoms with Crippen molar-refractivity contribution in [1.29, 1.82) is 0 Å². The van der Waals surface area contributed by atoms with Crippen molar-refractivity contribution < 1.29 is 33.4 Å². The molecule has 11 heteroatoms. The fraction of sp³-hybridized carbons (Fsp3) is 0.630. The Hall–Kier alpha value is -3.50. The minimum absolute atomic E-state index is 0.150. The number of benzene rings is 1. The topological polar surface area (TPSA) is 149 Å². The summed E-state index contributed by atoms with van der Waals surface area (Å²) in [4.78, 5) is 51.0. The third-order valence-electron chi connectivity index (χ3n) is 5.83. The van der Waals surface area contributed by atoms with Crippen LogP contribution in [0.5, 0.6) is 0 Å². The second-order valence-electron chi connectivity index (χ2n) is 11.4. The number of carbonyl (C=O) groups is 4. The van der Waals surface area contributed by atoms with Crippen molar-refractivity contribution in [3.05, 3.63) is 35.9 Å². The van der Waals surface area contributed by atoms with E-state index in [1.54, 1.807) is 41.5 Å². The van der Waals surface area contributed by atoms with Gasteiger partial charge in [-0.15, -0.1) is 0 Å². The average molecular weight is 535 g/mol. The van der Waals surface area contributed by atoms with Gasteiger partial charge in [0.15, 0.2) is 0 Å². The first kappa shape index (κ1) is 30.7.